The van der Waals surface area contributed by atoms with E-state index < -0.39 is 30.2 Å². The smallest absolute Gasteiger partial charge is 0.172 e. The van der Waals surface area contributed by atoms with E-state index in [0.717, 1.165) is 49.7 Å². The molecule has 1 spiro atoms. The monoisotopic (exact) mass is 857 g/mol. The number of carbonyl (C=O) groups is 1. The number of carbonyl (C=O) groups excluding carboxylic acids is 1. The van der Waals surface area contributed by atoms with Crippen LogP contribution < -0.4 is 5.73 Å². The molecule has 10 bridgehead atoms. The van der Waals surface area contributed by atoms with Crippen LogP contribution >= 0.6 is 22.6 Å². The Morgan fingerprint density at radius 3 is 2.43 bits per heavy atom. The zero-order chi connectivity index (χ0) is 37.2. The maximum absolute atomic E-state index is 14.1. The summed E-state index contributed by atoms with van der Waals surface area (Å²) in [6, 6.07) is 0. The van der Waals surface area contributed by atoms with Gasteiger partial charge in [0.2, 0.25) is 0 Å². The Morgan fingerprint density at radius 2 is 1.64 bits per heavy atom. The largest absolute Gasteiger partial charge is 0.392 e. The number of ether oxygens (including phenoxy) is 8. The summed E-state index contributed by atoms with van der Waals surface area (Å²) in [6.45, 7) is 11.2. The third kappa shape index (κ3) is 7.86. The van der Waals surface area contributed by atoms with Gasteiger partial charge in [-0.05, 0) is 62.0 Å². The number of hydrogen-bond donors (Lipinski definition) is 3. The average Bonchev–Trinajstić information content (AvgIpc) is 3.75. The van der Waals surface area contributed by atoms with Gasteiger partial charge in [0.25, 0.3) is 0 Å². The summed E-state index contributed by atoms with van der Waals surface area (Å²) in [5.74, 6) is -0.856. The van der Waals surface area contributed by atoms with Gasteiger partial charge in [0.1, 0.15) is 30.2 Å². The minimum absolute atomic E-state index is 0.0129. The summed E-state index contributed by atoms with van der Waals surface area (Å²) >= 11 is 2.39. The lowest BCUT2D eigenvalue weighted by Crippen LogP contribution is -2.63. The Labute approximate surface area is 327 Å². The fraction of sp³-hybridized carbons (Fsp3) is 0.875. The predicted octanol–water partition coefficient (Wildman–Crippen LogP) is 3.84. The van der Waals surface area contributed by atoms with Gasteiger partial charge in [-0.3, -0.25) is 4.79 Å². The van der Waals surface area contributed by atoms with Gasteiger partial charge in [0.15, 0.2) is 5.79 Å². The van der Waals surface area contributed by atoms with Crippen molar-refractivity contribution in [2.45, 2.75) is 192 Å². The van der Waals surface area contributed by atoms with Crippen LogP contribution in [-0.4, -0.2) is 131 Å². The lowest BCUT2D eigenvalue weighted by molar-refractivity contribution is -0.274. The summed E-state index contributed by atoms with van der Waals surface area (Å²) in [5.41, 5.74) is 7.96. The van der Waals surface area contributed by atoms with Crippen LogP contribution in [0.15, 0.2) is 24.3 Å². The summed E-state index contributed by atoms with van der Waals surface area (Å²) in [6.07, 6.45) is 2.99. The zero-order valence-electron chi connectivity index (χ0n) is 31.2. The molecule has 298 valence electrons. The molecule has 13 heteroatoms. The first-order valence-corrected chi connectivity index (χ1v) is 21.4. The number of hydrogen-bond acceptors (Lipinski definition) is 12. The van der Waals surface area contributed by atoms with Gasteiger partial charge >= 0.3 is 0 Å². The summed E-state index contributed by atoms with van der Waals surface area (Å²) < 4.78 is 53.2. The highest BCUT2D eigenvalue weighted by atomic mass is 127. The van der Waals surface area contributed by atoms with Crippen LogP contribution in [0.1, 0.15) is 90.4 Å². The Bertz CT molecular complexity index is 1370. The third-order valence-corrected chi connectivity index (χ3v) is 15.1. The molecule has 8 saturated heterocycles. The molecule has 8 rings (SSSR count). The van der Waals surface area contributed by atoms with Crippen molar-refractivity contribution in [1.82, 2.24) is 0 Å². The number of aliphatic hydroxyl groups excluding tert-OH is 2. The standard InChI is InChI=1S/C40H60INO11/c1-19-11-24-5-7-29-20(2)12-26(47-29)9-10-40-17-28(45)36(52-40)38-34(41)39(53-40)37-30(51-38)8-6-25(49-37)13-22(43)14-27-32(16-31(48-24)21(19)3)50-33(35(27)46-4)15-23(44)18-42/h19,23-39,44-45H,2-3,5-18,42H2,1,4H3/t19-,23?,24+,25?,26?,27?,28-,29+,30+,31-,32?,33-,34?,35-,36?,37?,38?,39?,40?/m1/s1. The maximum atomic E-state index is 14.1. The van der Waals surface area contributed by atoms with E-state index in [1.54, 1.807) is 7.11 Å². The highest BCUT2D eigenvalue weighted by Crippen LogP contribution is 2.51. The molecule has 8 fully saturated rings. The molecule has 0 saturated carbocycles. The van der Waals surface area contributed by atoms with Gasteiger partial charge in [-0.25, -0.2) is 0 Å². The molecule has 0 amide bonds. The Hall–Kier alpha value is -0.560. The van der Waals surface area contributed by atoms with Crippen LogP contribution in [-0.2, 0) is 42.7 Å². The van der Waals surface area contributed by atoms with Crippen molar-refractivity contribution < 1.29 is 52.9 Å². The minimum Gasteiger partial charge on any atom is -0.392 e. The number of ketones is 1. The van der Waals surface area contributed by atoms with Crippen LogP contribution in [0.25, 0.3) is 0 Å². The Morgan fingerprint density at radius 1 is 0.887 bits per heavy atom. The molecule has 11 unspecified atom stereocenters. The first kappa shape index (κ1) is 39.3. The molecule has 8 heterocycles. The van der Waals surface area contributed by atoms with Gasteiger partial charge in [-0.15, -0.1) is 0 Å². The van der Waals surface area contributed by atoms with Gasteiger partial charge in [-0.2, -0.15) is 0 Å². The molecule has 8 aliphatic heterocycles. The summed E-state index contributed by atoms with van der Waals surface area (Å²) in [5, 5.41) is 21.8. The SMILES string of the molecule is C=C1CC2CCC34C[C@@H](O)C(O3)C3O[C@H]5CCC(CC(=O)CC6C(C[C@H]7O[C@@H](CC[C@@H]1O2)C[C@@H](C)C7=C)O[C@H](CC(O)CN)[C@@H]6OC)OC5C(O4)C3I. The first-order chi connectivity index (χ1) is 25.4. The molecular formula is C40H60INO11. The lowest BCUT2D eigenvalue weighted by Gasteiger charge is -2.49. The van der Waals surface area contributed by atoms with Crippen LogP contribution in [0.3, 0.4) is 0 Å². The number of Topliss-reactive ketones (excluding diaryl/α,β-unsaturated/α-hetero) is 1. The van der Waals surface area contributed by atoms with Gasteiger partial charge < -0.3 is 53.8 Å². The third-order valence-electron chi connectivity index (χ3n) is 13.6. The van der Waals surface area contributed by atoms with Crippen molar-refractivity contribution in [2.75, 3.05) is 13.7 Å². The van der Waals surface area contributed by atoms with Crippen molar-refractivity contribution in [3.63, 3.8) is 0 Å². The highest BCUT2D eigenvalue weighted by Gasteiger charge is 2.62. The number of methoxy groups -OCH3 is 1. The number of fused-ring (bicyclic) bond motifs is 9. The molecule has 8 aliphatic rings. The average molecular weight is 858 g/mol. The van der Waals surface area contributed by atoms with Crippen LogP contribution in [0.2, 0.25) is 0 Å². The van der Waals surface area contributed by atoms with Gasteiger partial charge in [0.05, 0.1) is 71.1 Å². The second-order valence-electron chi connectivity index (χ2n) is 17.3. The fourth-order valence-corrected chi connectivity index (χ4v) is 11.9. The van der Waals surface area contributed by atoms with Gasteiger partial charge in [-0.1, -0.05) is 42.7 Å². The van der Waals surface area contributed by atoms with Crippen molar-refractivity contribution in [1.29, 1.82) is 0 Å². The molecule has 53 heavy (non-hydrogen) atoms. The maximum Gasteiger partial charge on any atom is 0.172 e. The van der Waals surface area contributed by atoms with Crippen molar-refractivity contribution in [3.8, 4) is 0 Å². The molecular weight excluding hydrogens is 797 g/mol. The van der Waals surface area contributed by atoms with Crippen LogP contribution in [0.5, 0.6) is 0 Å². The molecule has 0 aromatic rings. The lowest BCUT2D eigenvalue weighted by atomic mass is 9.81. The quantitative estimate of drug-likeness (QED) is 0.214. The van der Waals surface area contributed by atoms with E-state index in [1.165, 1.54) is 0 Å². The van der Waals surface area contributed by atoms with E-state index in [1.807, 2.05) is 0 Å². The summed E-state index contributed by atoms with van der Waals surface area (Å²) in [7, 11) is 1.65. The zero-order valence-corrected chi connectivity index (χ0v) is 33.4. The van der Waals surface area contributed by atoms with Crippen molar-refractivity contribution in [3.05, 3.63) is 24.3 Å². The van der Waals surface area contributed by atoms with E-state index in [9.17, 15) is 15.0 Å². The number of aliphatic hydroxyl groups is 2. The van der Waals surface area contributed by atoms with E-state index in [2.05, 4.69) is 42.7 Å². The molecule has 0 aromatic heterocycles. The second kappa shape index (κ2) is 16.0. The number of halogens is 1. The van der Waals surface area contributed by atoms with Gasteiger partial charge in [0, 0.05) is 58.1 Å². The minimum atomic E-state index is -0.971. The second-order valence-corrected chi connectivity index (χ2v) is 18.7. The molecule has 12 nitrogen and oxygen atoms in total. The predicted molar refractivity (Wildman–Crippen MR) is 201 cm³/mol. The van der Waals surface area contributed by atoms with Crippen LogP contribution in [0, 0.1) is 11.8 Å². The molecule has 4 N–H and O–H groups in total. The molecule has 0 radical (unpaired) electrons. The Balaban J connectivity index is 1.07. The first-order valence-electron chi connectivity index (χ1n) is 20.2. The van der Waals surface area contributed by atoms with Crippen molar-refractivity contribution >= 4 is 28.4 Å². The Kier molecular flexibility index (Phi) is 11.9. The van der Waals surface area contributed by atoms with Crippen molar-refractivity contribution in [2.24, 2.45) is 17.6 Å². The number of nitrogens with two attached hydrogens (primary N) is 1. The van der Waals surface area contributed by atoms with E-state index in [0.29, 0.717) is 32.1 Å². The number of rotatable bonds is 4. The molecule has 19 atom stereocenters. The van der Waals surface area contributed by atoms with E-state index in [-0.39, 0.29) is 108 Å². The van der Waals surface area contributed by atoms with E-state index in [4.69, 9.17) is 43.6 Å². The topological polar surface area (TPSA) is 157 Å². The highest BCUT2D eigenvalue weighted by molar-refractivity contribution is 14.1. The summed E-state index contributed by atoms with van der Waals surface area (Å²) in [4.78, 5) is 14.1. The number of alkyl halides is 1. The van der Waals surface area contributed by atoms with E-state index >= 15 is 0 Å². The molecule has 0 aromatic carbocycles. The molecule has 0 aliphatic carbocycles. The van der Waals surface area contributed by atoms with Crippen LogP contribution in [0.4, 0.5) is 0 Å². The fourth-order valence-electron chi connectivity index (χ4n) is 10.8. The normalized spacial score (nSPS) is 51.1.